The van der Waals surface area contributed by atoms with Crippen molar-refractivity contribution in [2.24, 2.45) is 11.8 Å². The van der Waals surface area contributed by atoms with E-state index in [1.165, 1.54) is 19.3 Å². The molecule has 0 bridgehead atoms. The first kappa shape index (κ1) is 13.8. The number of aromatic hydroxyl groups is 1. The number of rotatable bonds is 2. The van der Waals surface area contributed by atoms with E-state index in [9.17, 15) is 5.11 Å². The van der Waals surface area contributed by atoms with Crippen LogP contribution in [-0.2, 0) is 0 Å². The molecule has 0 amide bonds. The number of anilines is 1. The van der Waals surface area contributed by atoms with E-state index >= 15 is 0 Å². The van der Waals surface area contributed by atoms with Gasteiger partial charge >= 0.3 is 0 Å². The minimum Gasteiger partial charge on any atom is -0.505 e. The topological polar surface area (TPSA) is 32.3 Å². The van der Waals surface area contributed by atoms with Gasteiger partial charge in [0.25, 0.3) is 0 Å². The van der Waals surface area contributed by atoms with E-state index < -0.39 is 0 Å². The molecular formula is C14H19Cl2NO. The van der Waals surface area contributed by atoms with Crippen molar-refractivity contribution in [3.05, 3.63) is 22.2 Å². The van der Waals surface area contributed by atoms with Crippen molar-refractivity contribution in [3.63, 3.8) is 0 Å². The van der Waals surface area contributed by atoms with Crippen molar-refractivity contribution < 1.29 is 5.11 Å². The molecule has 1 aliphatic carbocycles. The number of benzene rings is 1. The van der Waals surface area contributed by atoms with Crippen LogP contribution in [0.1, 0.15) is 33.1 Å². The molecule has 2 atom stereocenters. The molecule has 1 aromatic carbocycles. The van der Waals surface area contributed by atoms with Gasteiger partial charge in [0.15, 0.2) is 5.75 Å². The number of phenols is 1. The van der Waals surface area contributed by atoms with Gasteiger partial charge in [-0.15, -0.1) is 0 Å². The summed E-state index contributed by atoms with van der Waals surface area (Å²) in [7, 11) is 0. The lowest BCUT2D eigenvalue weighted by molar-refractivity contribution is 0.268. The molecule has 4 heteroatoms. The molecule has 0 aromatic heterocycles. The highest BCUT2D eigenvalue weighted by molar-refractivity contribution is 6.37. The molecule has 1 fully saturated rings. The molecule has 2 nitrogen and oxygen atoms in total. The lowest BCUT2D eigenvalue weighted by Crippen LogP contribution is -2.37. The Labute approximate surface area is 118 Å². The van der Waals surface area contributed by atoms with Crippen LogP contribution in [0.4, 0.5) is 5.69 Å². The lowest BCUT2D eigenvalue weighted by Gasteiger charge is -2.36. The fourth-order valence-electron chi connectivity index (χ4n) is 2.81. The minimum absolute atomic E-state index is 0.0476. The molecule has 0 radical (unpaired) electrons. The Kier molecular flexibility index (Phi) is 4.29. The molecule has 18 heavy (non-hydrogen) atoms. The van der Waals surface area contributed by atoms with Gasteiger partial charge in [-0.05, 0) is 36.8 Å². The maximum Gasteiger partial charge on any atom is 0.152 e. The van der Waals surface area contributed by atoms with Gasteiger partial charge in [-0.3, -0.25) is 0 Å². The van der Waals surface area contributed by atoms with Gasteiger partial charge in [-0.1, -0.05) is 43.5 Å². The van der Waals surface area contributed by atoms with Crippen molar-refractivity contribution in [1.29, 1.82) is 0 Å². The van der Waals surface area contributed by atoms with Crippen LogP contribution in [0.15, 0.2) is 12.1 Å². The fraction of sp³-hybridized carbons (Fsp3) is 0.571. The Morgan fingerprint density at radius 1 is 1.11 bits per heavy atom. The summed E-state index contributed by atoms with van der Waals surface area (Å²) >= 11 is 11.9. The largest absolute Gasteiger partial charge is 0.505 e. The summed E-state index contributed by atoms with van der Waals surface area (Å²) in [4.78, 5) is 0. The molecule has 1 aliphatic rings. The maximum absolute atomic E-state index is 9.55. The average Bonchev–Trinajstić information content (AvgIpc) is 2.31. The van der Waals surface area contributed by atoms with Crippen LogP contribution in [0.5, 0.6) is 5.75 Å². The molecule has 1 saturated carbocycles. The van der Waals surface area contributed by atoms with E-state index in [1.807, 2.05) is 0 Å². The zero-order chi connectivity index (χ0) is 13.3. The maximum atomic E-state index is 9.55. The van der Waals surface area contributed by atoms with Crippen LogP contribution in [0.25, 0.3) is 0 Å². The van der Waals surface area contributed by atoms with Crippen LogP contribution < -0.4 is 5.32 Å². The minimum atomic E-state index is -0.0476. The molecule has 0 heterocycles. The van der Waals surface area contributed by atoms with Gasteiger partial charge in [0.05, 0.1) is 10.0 Å². The molecule has 2 N–H and O–H groups in total. The summed E-state index contributed by atoms with van der Waals surface area (Å²) in [6.45, 7) is 4.55. The predicted octanol–water partition coefficient (Wildman–Crippen LogP) is 4.94. The number of hydrogen-bond acceptors (Lipinski definition) is 2. The standard InChI is InChI=1S/C14H19Cl2NO/c1-8-4-3-5-9(2)13(8)17-10-6-11(15)14(18)12(16)7-10/h6-9,13,17-18H,3-5H2,1-2H3. The molecule has 100 valence electrons. The highest BCUT2D eigenvalue weighted by Crippen LogP contribution is 2.37. The van der Waals surface area contributed by atoms with Gasteiger partial charge < -0.3 is 10.4 Å². The van der Waals surface area contributed by atoms with Crippen molar-refractivity contribution in [3.8, 4) is 5.75 Å². The Morgan fingerprint density at radius 3 is 2.11 bits per heavy atom. The summed E-state index contributed by atoms with van der Waals surface area (Å²) < 4.78 is 0. The zero-order valence-corrected chi connectivity index (χ0v) is 12.2. The molecular weight excluding hydrogens is 269 g/mol. The third-order valence-electron chi connectivity index (χ3n) is 3.90. The van der Waals surface area contributed by atoms with E-state index in [4.69, 9.17) is 23.2 Å². The van der Waals surface area contributed by atoms with Gasteiger partial charge in [0, 0.05) is 11.7 Å². The summed E-state index contributed by atoms with van der Waals surface area (Å²) in [6.07, 6.45) is 3.81. The number of phenolic OH excluding ortho intramolecular Hbond substituents is 1. The molecule has 2 rings (SSSR count). The van der Waals surface area contributed by atoms with Crippen molar-refractivity contribution in [2.75, 3.05) is 5.32 Å². The molecule has 1 aromatic rings. The van der Waals surface area contributed by atoms with Crippen LogP contribution >= 0.6 is 23.2 Å². The normalized spacial score (nSPS) is 28.1. The number of nitrogens with one attached hydrogen (secondary N) is 1. The van der Waals surface area contributed by atoms with Crippen molar-refractivity contribution in [2.45, 2.75) is 39.2 Å². The van der Waals surface area contributed by atoms with Crippen molar-refractivity contribution in [1.82, 2.24) is 0 Å². The van der Waals surface area contributed by atoms with Gasteiger partial charge in [-0.2, -0.15) is 0 Å². The van der Waals surface area contributed by atoms with E-state index in [0.29, 0.717) is 27.9 Å². The summed E-state index contributed by atoms with van der Waals surface area (Å²) in [5.74, 6) is 1.23. The van der Waals surface area contributed by atoms with Crippen LogP contribution in [0, 0.1) is 11.8 Å². The predicted molar refractivity (Wildman–Crippen MR) is 77.7 cm³/mol. The summed E-state index contributed by atoms with van der Waals surface area (Å²) in [5, 5.41) is 13.6. The van der Waals surface area contributed by atoms with Crippen LogP contribution in [0.2, 0.25) is 10.0 Å². The third kappa shape index (κ3) is 2.86. The first-order valence-corrected chi connectivity index (χ1v) is 7.19. The zero-order valence-electron chi connectivity index (χ0n) is 10.7. The Hall–Kier alpha value is -0.600. The lowest BCUT2D eigenvalue weighted by atomic mass is 9.78. The molecule has 0 aliphatic heterocycles. The van der Waals surface area contributed by atoms with Gasteiger partial charge in [0.1, 0.15) is 0 Å². The Bertz CT molecular complexity index is 403. The number of hydrogen-bond donors (Lipinski definition) is 2. The quantitative estimate of drug-likeness (QED) is 0.756. The Balaban J connectivity index is 2.18. The monoisotopic (exact) mass is 287 g/mol. The van der Waals surface area contributed by atoms with E-state index in [-0.39, 0.29) is 5.75 Å². The first-order chi connectivity index (χ1) is 8.49. The highest BCUT2D eigenvalue weighted by atomic mass is 35.5. The smallest absolute Gasteiger partial charge is 0.152 e. The molecule has 2 unspecified atom stereocenters. The van der Waals surface area contributed by atoms with Gasteiger partial charge in [-0.25, -0.2) is 0 Å². The van der Waals surface area contributed by atoms with Crippen LogP contribution in [0.3, 0.4) is 0 Å². The SMILES string of the molecule is CC1CCCC(C)C1Nc1cc(Cl)c(O)c(Cl)c1. The summed E-state index contributed by atoms with van der Waals surface area (Å²) in [5.41, 5.74) is 0.883. The van der Waals surface area contributed by atoms with E-state index in [0.717, 1.165) is 5.69 Å². The average molecular weight is 288 g/mol. The number of halogens is 2. The third-order valence-corrected chi connectivity index (χ3v) is 4.47. The summed E-state index contributed by atoms with van der Waals surface area (Å²) in [6, 6.07) is 3.91. The second-order valence-electron chi connectivity index (χ2n) is 5.34. The van der Waals surface area contributed by atoms with E-state index in [1.54, 1.807) is 12.1 Å². The Morgan fingerprint density at radius 2 is 1.61 bits per heavy atom. The van der Waals surface area contributed by atoms with E-state index in [2.05, 4.69) is 19.2 Å². The second kappa shape index (κ2) is 5.58. The molecule has 0 spiro atoms. The molecule has 0 saturated heterocycles. The second-order valence-corrected chi connectivity index (χ2v) is 6.16. The van der Waals surface area contributed by atoms with Gasteiger partial charge in [0.2, 0.25) is 0 Å². The van der Waals surface area contributed by atoms with Crippen LogP contribution in [-0.4, -0.2) is 11.1 Å². The highest BCUT2D eigenvalue weighted by Gasteiger charge is 2.27. The first-order valence-electron chi connectivity index (χ1n) is 6.43. The van der Waals surface area contributed by atoms with Crippen molar-refractivity contribution >= 4 is 28.9 Å². The fourth-order valence-corrected chi connectivity index (χ4v) is 3.29.